The Morgan fingerprint density at radius 1 is 1.05 bits per heavy atom. The molecule has 1 nitrogen and oxygen atoms in total. The fourth-order valence-corrected chi connectivity index (χ4v) is 4.08. The molecular formula is C20H20FN. The zero-order valence-electron chi connectivity index (χ0n) is 12.9. The lowest BCUT2D eigenvalue weighted by atomic mass is 9.75. The summed E-state index contributed by atoms with van der Waals surface area (Å²) in [6, 6.07) is 11.5. The summed E-state index contributed by atoms with van der Waals surface area (Å²) in [5.74, 6) is 0.671. The van der Waals surface area contributed by atoms with Gasteiger partial charge in [-0.1, -0.05) is 42.5 Å². The second-order valence-corrected chi connectivity index (χ2v) is 6.49. The highest BCUT2D eigenvalue weighted by Gasteiger charge is 2.39. The summed E-state index contributed by atoms with van der Waals surface area (Å²) in [5.41, 5.74) is 5.93. The van der Waals surface area contributed by atoms with E-state index in [9.17, 15) is 4.39 Å². The highest BCUT2D eigenvalue weighted by molar-refractivity contribution is 5.66. The van der Waals surface area contributed by atoms with Gasteiger partial charge >= 0.3 is 0 Å². The average molecular weight is 293 g/mol. The van der Waals surface area contributed by atoms with E-state index in [1.807, 2.05) is 12.1 Å². The number of aryl methyl sites for hydroxylation is 2. The third kappa shape index (κ3) is 1.90. The van der Waals surface area contributed by atoms with Gasteiger partial charge < -0.3 is 5.32 Å². The molecule has 0 unspecified atom stereocenters. The standard InChI is InChI=1S/C20H20FN/c1-12-10-11-13(2)19-18(12)14-7-5-8-15(14)20(22-19)16-6-3-4-9-17(16)21/h3-7,9-11,14-15,20,22H,8H2,1-2H3/t14-,15+,20-/m0/s1. The van der Waals surface area contributed by atoms with Crippen molar-refractivity contribution >= 4 is 5.69 Å². The van der Waals surface area contributed by atoms with E-state index in [0.29, 0.717) is 11.8 Å². The van der Waals surface area contributed by atoms with Gasteiger partial charge in [-0.3, -0.25) is 0 Å². The van der Waals surface area contributed by atoms with Crippen molar-refractivity contribution in [3.8, 4) is 0 Å². The van der Waals surface area contributed by atoms with E-state index in [2.05, 4.69) is 43.4 Å². The summed E-state index contributed by atoms with van der Waals surface area (Å²) in [7, 11) is 0. The number of hydrogen-bond acceptors (Lipinski definition) is 1. The highest BCUT2D eigenvalue weighted by atomic mass is 19.1. The summed E-state index contributed by atoms with van der Waals surface area (Å²) in [4.78, 5) is 0. The van der Waals surface area contributed by atoms with Crippen LogP contribution in [0.2, 0.25) is 0 Å². The van der Waals surface area contributed by atoms with Gasteiger partial charge in [0.15, 0.2) is 0 Å². The van der Waals surface area contributed by atoms with Crippen LogP contribution in [0.25, 0.3) is 0 Å². The number of fused-ring (bicyclic) bond motifs is 3. The van der Waals surface area contributed by atoms with Gasteiger partial charge in [0.25, 0.3) is 0 Å². The maximum absolute atomic E-state index is 14.3. The van der Waals surface area contributed by atoms with Gasteiger partial charge in [-0.15, -0.1) is 0 Å². The second kappa shape index (κ2) is 4.98. The van der Waals surface area contributed by atoms with Gasteiger partial charge in [-0.2, -0.15) is 0 Å². The molecule has 1 heterocycles. The van der Waals surface area contributed by atoms with Crippen molar-refractivity contribution in [1.29, 1.82) is 0 Å². The molecule has 2 aromatic rings. The molecule has 112 valence electrons. The van der Waals surface area contributed by atoms with Crippen LogP contribution in [0, 0.1) is 25.6 Å². The Kier molecular flexibility index (Phi) is 3.07. The minimum absolute atomic E-state index is 0.0363. The molecule has 0 spiro atoms. The topological polar surface area (TPSA) is 12.0 Å². The van der Waals surface area contributed by atoms with Crippen LogP contribution in [0.3, 0.4) is 0 Å². The highest BCUT2D eigenvalue weighted by Crippen LogP contribution is 2.51. The van der Waals surface area contributed by atoms with Crippen molar-refractivity contribution in [2.75, 3.05) is 5.32 Å². The summed E-state index contributed by atoms with van der Waals surface area (Å²) in [6.45, 7) is 4.30. The third-order valence-corrected chi connectivity index (χ3v) is 5.19. The van der Waals surface area contributed by atoms with Crippen molar-refractivity contribution in [3.63, 3.8) is 0 Å². The molecule has 1 aliphatic heterocycles. The van der Waals surface area contributed by atoms with Crippen LogP contribution in [-0.2, 0) is 0 Å². The van der Waals surface area contributed by atoms with Gasteiger partial charge in [0.2, 0.25) is 0 Å². The van der Waals surface area contributed by atoms with E-state index in [1.54, 1.807) is 12.1 Å². The first-order valence-electron chi connectivity index (χ1n) is 7.94. The SMILES string of the molecule is Cc1ccc(C)c2c1N[C@H](c1ccccc1F)[C@@H]1CC=C[C@H]21. The summed E-state index contributed by atoms with van der Waals surface area (Å²) >= 11 is 0. The first-order valence-corrected chi connectivity index (χ1v) is 7.94. The minimum atomic E-state index is -0.112. The summed E-state index contributed by atoms with van der Waals surface area (Å²) < 4.78 is 14.3. The Balaban J connectivity index is 1.88. The van der Waals surface area contributed by atoms with E-state index >= 15 is 0 Å². The van der Waals surface area contributed by atoms with Crippen molar-refractivity contribution in [1.82, 2.24) is 0 Å². The van der Waals surface area contributed by atoms with Crippen LogP contribution in [0.1, 0.15) is 40.6 Å². The molecule has 2 aromatic carbocycles. The first-order chi connectivity index (χ1) is 10.7. The van der Waals surface area contributed by atoms with Crippen molar-refractivity contribution in [3.05, 3.63) is 76.6 Å². The molecule has 0 bridgehead atoms. The number of halogens is 1. The largest absolute Gasteiger partial charge is 0.377 e. The number of benzene rings is 2. The Hall–Kier alpha value is -2.09. The van der Waals surface area contributed by atoms with E-state index in [0.717, 1.165) is 12.0 Å². The Bertz CT molecular complexity index is 762. The number of nitrogens with one attached hydrogen (secondary N) is 1. The molecule has 2 aliphatic rings. The first kappa shape index (κ1) is 13.6. The van der Waals surface area contributed by atoms with Gasteiger partial charge in [0, 0.05) is 17.2 Å². The molecule has 0 saturated carbocycles. The lowest BCUT2D eigenvalue weighted by molar-refractivity contribution is 0.412. The molecule has 0 saturated heterocycles. The molecule has 4 rings (SSSR count). The Morgan fingerprint density at radius 2 is 1.82 bits per heavy atom. The van der Waals surface area contributed by atoms with Gasteiger partial charge in [0.1, 0.15) is 5.82 Å². The minimum Gasteiger partial charge on any atom is -0.377 e. The normalized spacial score (nSPS) is 25.5. The molecular weight excluding hydrogens is 273 g/mol. The molecule has 3 atom stereocenters. The third-order valence-electron chi connectivity index (χ3n) is 5.19. The quantitative estimate of drug-likeness (QED) is 0.706. The van der Waals surface area contributed by atoms with Crippen LogP contribution in [0.15, 0.2) is 48.6 Å². The lowest BCUT2D eigenvalue weighted by Crippen LogP contribution is -2.30. The molecule has 0 amide bonds. The van der Waals surface area contributed by atoms with E-state index in [-0.39, 0.29) is 11.9 Å². The molecule has 0 radical (unpaired) electrons. The number of hydrogen-bond donors (Lipinski definition) is 1. The summed E-state index contributed by atoms with van der Waals surface area (Å²) in [5, 5.41) is 3.65. The smallest absolute Gasteiger partial charge is 0.128 e. The van der Waals surface area contributed by atoms with Crippen molar-refractivity contribution < 1.29 is 4.39 Å². The molecule has 0 fully saturated rings. The van der Waals surface area contributed by atoms with Crippen molar-refractivity contribution in [2.45, 2.75) is 32.2 Å². The second-order valence-electron chi connectivity index (χ2n) is 6.49. The average Bonchev–Trinajstić information content (AvgIpc) is 3.00. The van der Waals surface area contributed by atoms with Gasteiger partial charge in [0.05, 0.1) is 6.04 Å². The van der Waals surface area contributed by atoms with Gasteiger partial charge in [-0.05, 0) is 48.9 Å². The molecule has 2 heteroatoms. The predicted molar refractivity (Wildman–Crippen MR) is 88.7 cm³/mol. The molecule has 1 N–H and O–H groups in total. The fraction of sp³-hybridized carbons (Fsp3) is 0.300. The fourth-order valence-electron chi connectivity index (χ4n) is 4.08. The summed E-state index contributed by atoms with van der Waals surface area (Å²) in [6.07, 6.45) is 5.57. The Labute approximate surface area is 130 Å². The zero-order chi connectivity index (χ0) is 15.3. The van der Waals surface area contributed by atoms with E-state index in [1.165, 1.54) is 22.4 Å². The predicted octanol–water partition coefficient (Wildman–Crippen LogP) is 5.27. The Morgan fingerprint density at radius 3 is 2.64 bits per heavy atom. The van der Waals surface area contributed by atoms with E-state index < -0.39 is 0 Å². The van der Waals surface area contributed by atoms with Crippen LogP contribution >= 0.6 is 0 Å². The molecule has 0 aromatic heterocycles. The molecule has 1 aliphatic carbocycles. The zero-order valence-corrected chi connectivity index (χ0v) is 12.9. The monoisotopic (exact) mass is 293 g/mol. The van der Waals surface area contributed by atoms with Crippen LogP contribution in [0.4, 0.5) is 10.1 Å². The number of rotatable bonds is 1. The van der Waals surface area contributed by atoms with Gasteiger partial charge in [-0.25, -0.2) is 4.39 Å². The molecule has 22 heavy (non-hydrogen) atoms. The van der Waals surface area contributed by atoms with Crippen molar-refractivity contribution in [2.24, 2.45) is 5.92 Å². The maximum atomic E-state index is 14.3. The lowest BCUT2D eigenvalue weighted by Gasteiger charge is -2.39. The van der Waals surface area contributed by atoms with E-state index in [4.69, 9.17) is 0 Å². The van der Waals surface area contributed by atoms with Crippen LogP contribution in [0.5, 0.6) is 0 Å². The number of anilines is 1. The maximum Gasteiger partial charge on any atom is 0.128 e. The van der Waals surface area contributed by atoms with Crippen LogP contribution < -0.4 is 5.32 Å². The van der Waals surface area contributed by atoms with Crippen LogP contribution in [-0.4, -0.2) is 0 Å². The number of allylic oxidation sites excluding steroid dienone is 2.